The van der Waals surface area contributed by atoms with Crippen molar-refractivity contribution in [1.82, 2.24) is 40.4 Å². The molecule has 14 heteroatoms. The number of ether oxygens (including phenoxy) is 2. The maximum absolute atomic E-state index is 13.9. The van der Waals surface area contributed by atoms with Crippen molar-refractivity contribution in [3.8, 4) is 33.6 Å². The van der Waals surface area contributed by atoms with Gasteiger partial charge in [-0.25, -0.2) is 19.6 Å². The van der Waals surface area contributed by atoms with E-state index < -0.39 is 18.2 Å². The van der Waals surface area contributed by atoms with Crippen LogP contribution in [0.15, 0.2) is 103 Å². The summed E-state index contributed by atoms with van der Waals surface area (Å²) in [7, 11) is 2.61. The Balaban J connectivity index is 0.920. The number of aromatic nitrogens is 4. The molecule has 314 valence electrons. The van der Waals surface area contributed by atoms with E-state index in [1.54, 1.807) is 4.90 Å². The predicted molar refractivity (Wildman–Crippen MR) is 231 cm³/mol. The number of amides is 4. The number of benzene rings is 4. The number of alkyl carbamates (subject to hydrolysis) is 2. The third kappa shape index (κ3) is 8.98. The lowest BCUT2D eigenvalue weighted by atomic mass is 9.98. The smallest absolute Gasteiger partial charge is 0.407 e. The third-order valence-corrected chi connectivity index (χ3v) is 11.7. The van der Waals surface area contributed by atoms with E-state index in [2.05, 4.69) is 86.0 Å². The Morgan fingerprint density at radius 3 is 1.92 bits per heavy atom. The van der Waals surface area contributed by atoms with Gasteiger partial charge in [-0.2, -0.15) is 0 Å². The molecule has 3 unspecified atom stereocenters. The summed E-state index contributed by atoms with van der Waals surface area (Å²) in [6, 6.07) is 29.1. The van der Waals surface area contributed by atoms with E-state index in [9.17, 15) is 19.2 Å². The van der Waals surface area contributed by atoms with Crippen LogP contribution in [-0.4, -0.2) is 87.6 Å². The van der Waals surface area contributed by atoms with Crippen molar-refractivity contribution in [3.63, 3.8) is 0 Å². The van der Waals surface area contributed by atoms with Crippen LogP contribution in [0.1, 0.15) is 74.4 Å². The Morgan fingerprint density at radius 1 is 0.705 bits per heavy atom. The first-order valence-electron chi connectivity index (χ1n) is 20.7. The molecule has 61 heavy (non-hydrogen) atoms. The Hall–Kier alpha value is -6.96. The van der Waals surface area contributed by atoms with E-state index in [1.807, 2.05) is 54.5 Å². The van der Waals surface area contributed by atoms with Gasteiger partial charge >= 0.3 is 12.2 Å². The number of nitrogens with zero attached hydrogens (tertiary/aromatic N) is 4. The molecule has 14 nitrogen and oxygen atoms in total. The molecule has 2 fully saturated rings. The quantitative estimate of drug-likeness (QED) is 0.0958. The molecule has 0 radical (unpaired) electrons. The maximum Gasteiger partial charge on any atom is 0.407 e. The second-order valence-corrected chi connectivity index (χ2v) is 15.8. The van der Waals surface area contributed by atoms with Crippen LogP contribution in [0.3, 0.4) is 0 Å². The molecule has 4 N–H and O–H groups in total. The van der Waals surface area contributed by atoms with E-state index in [1.165, 1.54) is 14.2 Å². The topological polar surface area (TPSA) is 175 Å². The number of aromatic amines is 2. The predicted octanol–water partition coefficient (Wildman–Crippen LogP) is 8.09. The molecule has 2 saturated heterocycles. The Morgan fingerprint density at radius 2 is 1.26 bits per heavy atom. The number of nitrogens with one attached hydrogen (secondary N) is 4. The lowest BCUT2D eigenvalue weighted by Gasteiger charge is -2.28. The molecule has 2 aromatic heterocycles. The summed E-state index contributed by atoms with van der Waals surface area (Å²) in [5.74, 6) is 1.31. The van der Waals surface area contributed by atoms with Gasteiger partial charge in [-0.05, 0) is 76.8 Å². The van der Waals surface area contributed by atoms with Crippen molar-refractivity contribution >= 4 is 34.8 Å². The molecule has 4 atom stereocenters. The largest absolute Gasteiger partial charge is 0.453 e. The number of likely N-dealkylation sites (tertiary alicyclic amines) is 2. The Bertz CT molecular complexity index is 2520. The van der Waals surface area contributed by atoms with Gasteiger partial charge in [0.15, 0.2) is 0 Å². The van der Waals surface area contributed by atoms with Gasteiger partial charge in [-0.1, -0.05) is 85.8 Å². The minimum absolute atomic E-state index is 0.0247. The highest BCUT2D eigenvalue weighted by Crippen LogP contribution is 2.36. The number of fused-ring (bicyclic) bond motifs is 1. The molecule has 0 spiro atoms. The molecule has 4 amide bonds. The molecule has 0 aliphatic carbocycles. The number of rotatable bonds is 12. The fourth-order valence-electron chi connectivity index (χ4n) is 8.50. The highest BCUT2D eigenvalue weighted by Gasteiger charge is 2.37. The molecular weight excluding hydrogens is 773 g/mol. The summed E-state index contributed by atoms with van der Waals surface area (Å²) in [6.07, 6.45) is 6.14. The van der Waals surface area contributed by atoms with E-state index in [-0.39, 0.29) is 29.8 Å². The fourth-order valence-corrected chi connectivity index (χ4v) is 8.50. The number of hydrogen-bond donors (Lipinski definition) is 4. The summed E-state index contributed by atoms with van der Waals surface area (Å²) in [6.45, 7) is 3.55. The van der Waals surface area contributed by atoms with Gasteiger partial charge in [0.1, 0.15) is 17.7 Å². The van der Waals surface area contributed by atoms with Crippen molar-refractivity contribution in [1.29, 1.82) is 0 Å². The van der Waals surface area contributed by atoms with Gasteiger partial charge in [-0.3, -0.25) is 9.59 Å². The van der Waals surface area contributed by atoms with Crippen LogP contribution in [0.4, 0.5) is 9.59 Å². The highest BCUT2D eigenvalue weighted by atomic mass is 16.5. The molecule has 0 bridgehead atoms. The minimum atomic E-state index is -0.878. The number of carbonyl (C=O) groups is 4. The van der Waals surface area contributed by atoms with Gasteiger partial charge in [-0.15, -0.1) is 0 Å². The van der Waals surface area contributed by atoms with Crippen LogP contribution < -0.4 is 10.6 Å². The van der Waals surface area contributed by atoms with Gasteiger partial charge in [0.05, 0.1) is 50.1 Å². The zero-order valence-corrected chi connectivity index (χ0v) is 34.5. The lowest BCUT2D eigenvalue weighted by molar-refractivity contribution is -0.135. The fraction of sp³-hybridized carbons (Fsp3) is 0.319. The molecule has 2 aliphatic heterocycles. The Labute approximate surface area is 354 Å². The van der Waals surface area contributed by atoms with Crippen LogP contribution in [0.5, 0.6) is 0 Å². The molecule has 8 rings (SSSR count). The molecule has 4 aromatic carbocycles. The van der Waals surface area contributed by atoms with Crippen molar-refractivity contribution in [2.24, 2.45) is 5.92 Å². The number of H-pyrrole nitrogens is 2. The standard InChI is InChI=1S/C47H50N8O6/c1-29(26-50-46(58)60-2)23-41(56)54-21-7-11-39(54)43-49-28-38(52-43)36-20-19-34-24-33(17-18-35(34)25-36)30-13-15-31(16-14-30)37-27-48-44(51-37)40-12-8-22-55(40)45(57)42(53-47(59)61-3)32-9-5-4-6-10-32/h4-6,9-10,13-20,24-25,27-29,39-40,42H,7-8,11-12,21-23,26H2,1-3H3,(H,48,51)(H,49,52)(H,50,58)(H,53,59)/t29?,39?,40?,42-/m0/s1. The summed E-state index contributed by atoms with van der Waals surface area (Å²) in [5.41, 5.74) is 6.60. The first kappa shape index (κ1) is 40.8. The molecule has 6 aromatic rings. The number of methoxy groups -OCH3 is 2. The van der Waals surface area contributed by atoms with Crippen LogP contribution >= 0.6 is 0 Å². The average Bonchev–Trinajstić information content (AvgIpc) is 4.14. The van der Waals surface area contributed by atoms with Gasteiger partial charge in [0.2, 0.25) is 5.91 Å². The van der Waals surface area contributed by atoms with E-state index in [0.717, 1.165) is 75.9 Å². The van der Waals surface area contributed by atoms with Crippen LogP contribution in [-0.2, 0) is 19.1 Å². The van der Waals surface area contributed by atoms with E-state index in [0.29, 0.717) is 37.4 Å². The number of carbonyl (C=O) groups excluding carboxylic acids is 4. The van der Waals surface area contributed by atoms with Crippen molar-refractivity contribution in [2.45, 2.75) is 57.2 Å². The van der Waals surface area contributed by atoms with Crippen molar-refractivity contribution in [3.05, 3.63) is 121 Å². The van der Waals surface area contributed by atoms with Crippen LogP contribution in [0.2, 0.25) is 0 Å². The molecule has 2 aliphatic rings. The van der Waals surface area contributed by atoms with Gasteiger partial charge in [0, 0.05) is 31.6 Å². The van der Waals surface area contributed by atoms with Gasteiger partial charge in [0.25, 0.3) is 5.91 Å². The number of imidazole rings is 2. The normalized spacial score (nSPS) is 17.2. The van der Waals surface area contributed by atoms with Crippen LogP contribution in [0.25, 0.3) is 44.4 Å². The average molecular weight is 823 g/mol. The molecular formula is C47H50N8O6. The SMILES string of the molecule is COC(=O)NCC(C)CC(=O)N1CCCC1c1ncc(-c2ccc3cc(-c4ccc(-c5cnc(C6CCCN6C(=O)[C@@H](NC(=O)OC)c6ccccc6)[nH]5)cc4)ccc3c2)[nH]1. The maximum atomic E-state index is 13.9. The minimum Gasteiger partial charge on any atom is -0.453 e. The van der Waals surface area contributed by atoms with Crippen molar-refractivity contribution < 1.29 is 28.7 Å². The summed E-state index contributed by atoms with van der Waals surface area (Å²) < 4.78 is 9.48. The highest BCUT2D eigenvalue weighted by molar-refractivity contribution is 5.91. The molecule has 4 heterocycles. The number of hydrogen-bond acceptors (Lipinski definition) is 8. The van der Waals surface area contributed by atoms with E-state index in [4.69, 9.17) is 14.7 Å². The summed E-state index contributed by atoms with van der Waals surface area (Å²) >= 11 is 0. The second-order valence-electron chi connectivity index (χ2n) is 15.8. The lowest BCUT2D eigenvalue weighted by Crippen LogP contribution is -2.42. The van der Waals surface area contributed by atoms with E-state index >= 15 is 0 Å². The summed E-state index contributed by atoms with van der Waals surface area (Å²) in [4.78, 5) is 71.0. The third-order valence-electron chi connectivity index (χ3n) is 11.7. The van der Waals surface area contributed by atoms with Crippen molar-refractivity contribution in [2.75, 3.05) is 33.9 Å². The molecule has 0 saturated carbocycles. The monoisotopic (exact) mass is 822 g/mol. The Kier molecular flexibility index (Phi) is 12.1. The second kappa shape index (κ2) is 18.1. The zero-order valence-electron chi connectivity index (χ0n) is 34.5. The summed E-state index contributed by atoms with van der Waals surface area (Å²) in [5, 5.41) is 7.60. The van der Waals surface area contributed by atoms with Gasteiger partial charge < -0.3 is 39.9 Å². The van der Waals surface area contributed by atoms with Crippen LogP contribution in [0, 0.1) is 5.92 Å². The zero-order chi connectivity index (χ0) is 42.5. The first-order valence-corrected chi connectivity index (χ1v) is 20.7. The first-order chi connectivity index (χ1) is 29.7.